The Morgan fingerprint density at radius 1 is 1.15 bits per heavy atom. The van der Waals surface area contributed by atoms with Gasteiger partial charge < -0.3 is 9.64 Å². The first kappa shape index (κ1) is 17.1. The number of halogens is 1. The van der Waals surface area contributed by atoms with Crippen LogP contribution in [0.15, 0.2) is 29.2 Å². The first-order chi connectivity index (χ1) is 9.45. The highest BCUT2D eigenvalue weighted by Gasteiger charge is 2.14. The van der Waals surface area contributed by atoms with Crippen molar-refractivity contribution in [3.05, 3.63) is 30.1 Å². The molecule has 0 radical (unpaired) electrons. The number of sulfone groups is 1. The Morgan fingerprint density at radius 3 is 2.35 bits per heavy atom. The maximum Gasteiger partial charge on any atom is 0.178 e. The molecule has 0 saturated heterocycles. The molecule has 0 spiro atoms. The predicted octanol–water partition coefficient (Wildman–Crippen LogP) is 1.96. The molecule has 0 aliphatic carbocycles. The standard InChI is InChI=1S/C14H22FNO3S/c1-16(9-3-11-19-2)10-4-12-20(17,18)14-7-5-13(15)6-8-14/h5-8H,3-4,9-12H2,1-2H3. The third-order valence-corrected chi connectivity index (χ3v) is 4.83. The summed E-state index contributed by atoms with van der Waals surface area (Å²) in [5.41, 5.74) is 0. The predicted molar refractivity (Wildman–Crippen MR) is 77.1 cm³/mol. The SMILES string of the molecule is COCCCN(C)CCCS(=O)(=O)c1ccc(F)cc1. The Labute approximate surface area is 120 Å². The van der Waals surface area contributed by atoms with Gasteiger partial charge >= 0.3 is 0 Å². The zero-order valence-electron chi connectivity index (χ0n) is 12.0. The average Bonchev–Trinajstić information content (AvgIpc) is 2.39. The Kier molecular flexibility index (Phi) is 7.12. The first-order valence-electron chi connectivity index (χ1n) is 6.61. The highest BCUT2D eigenvalue weighted by atomic mass is 32.2. The first-order valence-corrected chi connectivity index (χ1v) is 8.27. The zero-order chi connectivity index (χ0) is 15.0. The van der Waals surface area contributed by atoms with Gasteiger partial charge in [0.1, 0.15) is 5.82 Å². The molecule has 0 N–H and O–H groups in total. The molecule has 0 amide bonds. The van der Waals surface area contributed by atoms with E-state index in [1.807, 2.05) is 7.05 Å². The number of ether oxygens (including phenoxy) is 1. The third kappa shape index (κ3) is 5.98. The molecule has 1 rings (SSSR count). The van der Waals surface area contributed by atoms with Crippen LogP contribution in [0, 0.1) is 5.82 Å². The van der Waals surface area contributed by atoms with Crippen molar-refractivity contribution in [2.24, 2.45) is 0 Å². The summed E-state index contributed by atoms with van der Waals surface area (Å²) < 4.78 is 41.8. The third-order valence-electron chi connectivity index (χ3n) is 3.01. The molecule has 0 saturated carbocycles. The molecular formula is C14H22FNO3S. The number of hydrogen-bond donors (Lipinski definition) is 0. The van der Waals surface area contributed by atoms with E-state index in [2.05, 4.69) is 4.90 Å². The molecule has 0 fully saturated rings. The van der Waals surface area contributed by atoms with Crippen molar-refractivity contribution in [2.75, 3.05) is 39.6 Å². The van der Waals surface area contributed by atoms with Gasteiger partial charge in [-0.05, 0) is 50.7 Å². The van der Waals surface area contributed by atoms with Gasteiger partial charge in [-0.3, -0.25) is 0 Å². The van der Waals surface area contributed by atoms with Crippen molar-refractivity contribution in [1.82, 2.24) is 4.90 Å². The summed E-state index contributed by atoms with van der Waals surface area (Å²) in [6, 6.07) is 4.97. The van der Waals surface area contributed by atoms with Crippen molar-refractivity contribution in [3.8, 4) is 0 Å². The maximum absolute atomic E-state index is 12.8. The van der Waals surface area contributed by atoms with Crippen LogP contribution < -0.4 is 0 Å². The van der Waals surface area contributed by atoms with Crippen LogP contribution in [-0.2, 0) is 14.6 Å². The second kappa shape index (κ2) is 8.34. The van der Waals surface area contributed by atoms with E-state index in [-0.39, 0.29) is 10.6 Å². The van der Waals surface area contributed by atoms with E-state index in [0.29, 0.717) is 19.6 Å². The summed E-state index contributed by atoms with van der Waals surface area (Å²) in [6.07, 6.45) is 1.49. The van der Waals surface area contributed by atoms with Crippen LogP contribution in [0.2, 0.25) is 0 Å². The minimum Gasteiger partial charge on any atom is -0.385 e. The second-order valence-corrected chi connectivity index (χ2v) is 6.89. The Bertz CT molecular complexity index is 488. The fourth-order valence-corrected chi connectivity index (χ4v) is 3.17. The average molecular weight is 303 g/mol. The van der Waals surface area contributed by atoms with Gasteiger partial charge in [0.25, 0.3) is 0 Å². The number of rotatable bonds is 9. The molecule has 20 heavy (non-hydrogen) atoms. The highest BCUT2D eigenvalue weighted by Crippen LogP contribution is 2.12. The molecule has 0 atom stereocenters. The van der Waals surface area contributed by atoms with E-state index in [1.54, 1.807) is 7.11 Å². The lowest BCUT2D eigenvalue weighted by Crippen LogP contribution is -2.23. The van der Waals surface area contributed by atoms with E-state index >= 15 is 0 Å². The Hall–Kier alpha value is -0.980. The number of benzene rings is 1. The molecule has 0 aliphatic rings. The molecule has 0 unspecified atom stereocenters. The molecule has 0 aromatic heterocycles. The summed E-state index contributed by atoms with van der Waals surface area (Å²) in [6.45, 7) is 2.30. The number of methoxy groups -OCH3 is 1. The van der Waals surface area contributed by atoms with Gasteiger partial charge in [0.15, 0.2) is 9.84 Å². The molecule has 0 heterocycles. The lowest BCUT2D eigenvalue weighted by atomic mass is 10.3. The molecule has 4 nitrogen and oxygen atoms in total. The maximum atomic E-state index is 12.8. The molecular weight excluding hydrogens is 281 g/mol. The fourth-order valence-electron chi connectivity index (χ4n) is 1.87. The molecule has 1 aromatic carbocycles. The summed E-state index contributed by atoms with van der Waals surface area (Å²) in [4.78, 5) is 2.26. The minimum atomic E-state index is -3.32. The topological polar surface area (TPSA) is 46.6 Å². The van der Waals surface area contributed by atoms with Crippen LogP contribution in [0.1, 0.15) is 12.8 Å². The smallest absolute Gasteiger partial charge is 0.178 e. The van der Waals surface area contributed by atoms with Gasteiger partial charge in [0, 0.05) is 20.3 Å². The van der Waals surface area contributed by atoms with Crippen LogP contribution in [-0.4, -0.2) is 52.9 Å². The van der Waals surface area contributed by atoms with Crippen LogP contribution in [0.5, 0.6) is 0 Å². The molecule has 1 aromatic rings. The van der Waals surface area contributed by atoms with Gasteiger partial charge in [0.05, 0.1) is 10.6 Å². The van der Waals surface area contributed by atoms with Gasteiger partial charge in [-0.25, -0.2) is 12.8 Å². The van der Waals surface area contributed by atoms with Gasteiger partial charge in [-0.2, -0.15) is 0 Å². The molecule has 114 valence electrons. The van der Waals surface area contributed by atoms with Gasteiger partial charge in [0.2, 0.25) is 0 Å². The number of nitrogens with zero attached hydrogens (tertiary/aromatic N) is 1. The zero-order valence-corrected chi connectivity index (χ0v) is 12.8. The van der Waals surface area contributed by atoms with Crippen molar-refractivity contribution in [3.63, 3.8) is 0 Å². The largest absolute Gasteiger partial charge is 0.385 e. The Balaban J connectivity index is 2.38. The van der Waals surface area contributed by atoms with Gasteiger partial charge in [-0.1, -0.05) is 0 Å². The van der Waals surface area contributed by atoms with Crippen LogP contribution >= 0.6 is 0 Å². The quantitative estimate of drug-likeness (QED) is 0.517. The Morgan fingerprint density at radius 2 is 1.75 bits per heavy atom. The summed E-state index contributed by atoms with van der Waals surface area (Å²) in [5, 5.41) is 0. The van der Waals surface area contributed by atoms with E-state index in [4.69, 9.17) is 4.74 Å². The van der Waals surface area contributed by atoms with E-state index in [1.165, 1.54) is 24.3 Å². The number of hydrogen-bond acceptors (Lipinski definition) is 4. The lowest BCUT2D eigenvalue weighted by molar-refractivity contribution is 0.179. The van der Waals surface area contributed by atoms with E-state index < -0.39 is 15.7 Å². The van der Waals surface area contributed by atoms with Gasteiger partial charge in [-0.15, -0.1) is 0 Å². The van der Waals surface area contributed by atoms with E-state index in [9.17, 15) is 12.8 Å². The van der Waals surface area contributed by atoms with Crippen LogP contribution in [0.25, 0.3) is 0 Å². The van der Waals surface area contributed by atoms with Crippen molar-refractivity contribution in [2.45, 2.75) is 17.7 Å². The lowest BCUT2D eigenvalue weighted by Gasteiger charge is -2.16. The summed E-state index contributed by atoms with van der Waals surface area (Å²) >= 11 is 0. The van der Waals surface area contributed by atoms with Crippen molar-refractivity contribution >= 4 is 9.84 Å². The normalized spacial score (nSPS) is 12.0. The molecule has 6 heteroatoms. The van der Waals surface area contributed by atoms with E-state index in [0.717, 1.165) is 13.0 Å². The summed E-state index contributed by atoms with van der Waals surface area (Å²) in [5.74, 6) is -0.352. The van der Waals surface area contributed by atoms with Crippen LogP contribution in [0.3, 0.4) is 0 Å². The second-order valence-electron chi connectivity index (χ2n) is 4.78. The highest BCUT2D eigenvalue weighted by molar-refractivity contribution is 7.91. The monoisotopic (exact) mass is 303 g/mol. The molecule has 0 bridgehead atoms. The van der Waals surface area contributed by atoms with Crippen molar-refractivity contribution in [1.29, 1.82) is 0 Å². The summed E-state index contributed by atoms with van der Waals surface area (Å²) in [7, 11) is 0.305. The minimum absolute atomic E-state index is 0.0766. The van der Waals surface area contributed by atoms with Crippen LogP contribution in [0.4, 0.5) is 4.39 Å². The fraction of sp³-hybridized carbons (Fsp3) is 0.571. The van der Waals surface area contributed by atoms with Crippen molar-refractivity contribution < 1.29 is 17.5 Å². The molecule has 0 aliphatic heterocycles.